The monoisotopic (exact) mass is 1500 g/mol. The fraction of sp³-hybridized carbons (Fsp3) is 0.333. The first-order valence-electron chi connectivity index (χ1n) is 34.2. The molecule has 0 radical (unpaired) electrons. The van der Waals surface area contributed by atoms with Crippen molar-refractivity contribution >= 4 is 70.7 Å². The summed E-state index contributed by atoms with van der Waals surface area (Å²) in [5.74, 6) is -15.5. The third-order valence-electron chi connectivity index (χ3n) is 18.1. The number of phenols is 6. The number of hydrogen-bond acceptors (Lipinski definition) is 21. The van der Waals surface area contributed by atoms with Crippen molar-refractivity contribution in [1.82, 2.24) is 47.4 Å². The van der Waals surface area contributed by atoms with Gasteiger partial charge in [-0.05, 0) is 178 Å². The minimum Gasteiger partial charge on any atom is -0.508 e. The minimum absolute atomic E-state index is 0.00897. The Morgan fingerprint density at radius 3 is 1.79 bits per heavy atom. The second kappa shape index (κ2) is 32.0. The number of hydrogen-bond donors (Lipinski definition) is 16. The number of halogens is 2. The first kappa shape index (κ1) is 75.9. The van der Waals surface area contributed by atoms with E-state index >= 15 is 24.0 Å². The molecule has 8 atom stereocenters. The number of benzene rings is 7. The summed E-state index contributed by atoms with van der Waals surface area (Å²) in [4.78, 5) is 122. The molecule has 31 heteroatoms. The molecule has 16 N–H and O–H groups in total. The molecule has 17 bridgehead atoms. The normalized spacial score (nSPS) is 20.2. The number of aliphatic hydroxyl groups excluding tert-OH is 1. The SMILES string of the molecule is CCCCN(CCCC)CCCNCc1c(O)cc2c(c1O)-c1cc(ccc1O)[C@@H]1NC(=O)[C@H]3NC(=O)[C@H]4NC(=O)[C@H](Cc5ccc(c(Cl)c5)Oc5cc3cc(c5O)Oc3ccc(cc3Cl)C(O)[C@H](NC1=O)C(=O)N[C@@H]2C(=O)O)NC(=O)[C@H](NC(=O)OC(C)(C)C)c1ccc(O)c(c1)Oc1cc(O)cc4c1. The van der Waals surface area contributed by atoms with E-state index in [1.54, 1.807) is 20.8 Å². The Balaban J connectivity index is 1.08. The Bertz CT molecular complexity index is 4620. The summed E-state index contributed by atoms with van der Waals surface area (Å²) in [6, 6.07) is 6.65. The lowest BCUT2D eigenvalue weighted by Gasteiger charge is -2.31. The molecular weight excluding hydrogens is 1420 g/mol. The van der Waals surface area contributed by atoms with Crippen LogP contribution < -0.4 is 56.7 Å². The van der Waals surface area contributed by atoms with E-state index in [2.05, 4.69) is 61.3 Å². The molecule has 7 aromatic carbocycles. The molecule has 1 unspecified atom stereocenters. The summed E-state index contributed by atoms with van der Waals surface area (Å²) >= 11 is 13.9. The molecule has 0 aromatic heterocycles. The zero-order valence-electron chi connectivity index (χ0n) is 58.0. The molecule has 6 heterocycles. The highest BCUT2D eigenvalue weighted by molar-refractivity contribution is 6.32. The maximum Gasteiger partial charge on any atom is 0.408 e. The second-order valence-electron chi connectivity index (χ2n) is 27.0. The van der Waals surface area contributed by atoms with Gasteiger partial charge in [-0.3, -0.25) is 28.8 Å². The number of nitrogens with zero attached hydrogens (tertiary/aromatic N) is 1. The number of unbranched alkanes of at least 4 members (excludes halogenated alkanes) is 2. The number of ether oxygens (including phenoxy) is 4. The molecule has 6 aliphatic heterocycles. The topological polar surface area (TPSA) is 435 Å². The number of alkyl carbamates (subject to hydrolysis) is 1. The second-order valence-corrected chi connectivity index (χ2v) is 27.9. The number of carbonyl (C=O) groups is 8. The predicted octanol–water partition coefficient (Wildman–Crippen LogP) is 8.93. The van der Waals surface area contributed by atoms with Gasteiger partial charge >= 0.3 is 12.1 Å². The van der Waals surface area contributed by atoms with Crippen LogP contribution in [0.5, 0.6) is 69.0 Å². The van der Waals surface area contributed by atoms with Crippen LogP contribution in [-0.2, 0) is 51.3 Å². The number of carboxylic acids is 1. The van der Waals surface area contributed by atoms with Crippen LogP contribution in [0.4, 0.5) is 4.79 Å². The van der Waals surface area contributed by atoms with E-state index in [0.717, 1.165) is 106 Å². The Morgan fingerprint density at radius 1 is 0.566 bits per heavy atom. The molecule has 0 spiro atoms. The molecule has 7 amide bonds. The molecule has 558 valence electrons. The van der Waals surface area contributed by atoms with Crippen molar-refractivity contribution in [2.75, 3.05) is 26.2 Å². The third kappa shape index (κ3) is 17.1. The molecule has 0 saturated carbocycles. The number of nitrogens with one attached hydrogen (secondary N) is 8. The van der Waals surface area contributed by atoms with Gasteiger partial charge < -0.3 is 107 Å². The van der Waals surface area contributed by atoms with Crippen LogP contribution in [0.15, 0.2) is 109 Å². The molecular formula is C75H79Cl2N9O20. The number of carbonyl (C=O) groups excluding carboxylic acids is 7. The molecule has 13 rings (SSSR count). The van der Waals surface area contributed by atoms with Crippen molar-refractivity contribution in [2.24, 2.45) is 0 Å². The molecule has 0 aliphatic carbocycles. The molecule has 0 saturated heterocycles. The summed E-state index contributed by atoms with van der Waals surface area (Å²) in [5.41, 5.74) is -3.56. The fourth-order valence-electron chi connectivity index (χ4n) is 12.8. The first-order valence-corrected chi connectivity index (χ1v) is 34.9. The molecule has 7 aromatic rings. The number of aromatic hydroxyl groups is 6. The smallest absolute Gasteiger partial charge is 0.408 e. The van der Waals surface area contributed by atoms with Crippen LogP contribution in [0.25, 0.3) is 11.1 Å². The number of phenolic OH excluding ortho intramolecular Hbond substituents is 6. The number of aliphatic carboxylic acids is 1. The van der Waals surface area contributed by atoms with Gasteiger partial charge in [-0.2, -0.15) is 0 Å². The van der Waals surface area contributed by atoms with Gasteiger partial charge in [0.25, 0.3) is 0 Å². The van der Waals surface area contributed by atoms with Crippen molar-refractivity contribution in [1.29, 1.82) is 0 Å². The van der Waals surface area contributed by atoms with E-state index in [1.165, 1.54) is 48.5 Å². The zero-order valence-corrected chi connectivity index (χ0v) is 59.5. The number of rotatable bonds is 14. The Kier molecular flexibility index (Phi) is 22.9. The van der Waals surface area contributed by atoms with Gasteiger partial charge in [0.1, 0.15) is 88.2 Å². The summed E-state index contributed by atoms with van der Waals surface area (Å²) in [5, 5.41) is 115. The summed E-state index contributed by atoms with van der Waals surface area (Å²) in [6.07, 6.45) is 0.968. The quantitative estimate of drug-likeness (QED) is 0.0451. The average Bonchev–Trinajstić information content (AvgIpc) is 0.754. The van der Waals surface area contributed by atoms with Crippen molar-refractivity contribution < 1.29 is 98.2 Å². The standard InChI is InChI=1S/C75H79Cl2N9O20/c1-6-8-20-86(21-9-7-2)22-10-19-78-34-45-51(90)33-44-57(65(45)92)43-27-36(12-15-49(43)88)58-69(96)84-63(72(99)83-62(44)73(100)101)64(91)38-14-18-53(47(77)28-38)105-56-31-40-30-55(66(56)93)104-52-17-11-35(23-46(52)76)24-48-67(94)80-60(70(97)82-61(40)71(98)81-58)39-25-41(87)32-42(26-39)103-54-29-37(13-16-50(54)89)59(68(95)79-48)85-74(102)106-75(3,4)5/h11-18,23,25-33,48,58-64,78,87-93H,6-10,19-22,24,34H2,1-5H3,(H,79,95)(H,80,94)(H,81,98)(H,82,97)(H,83,99)(H,84,96)(H,85,102)(H,100,101)/t48-,58-,59+,60-,61-,62-,63-,64?/m0/s1. The minimum atomic E-state index is -2.24. The van der Waals surface area contributed by atoms with E-state index in [1.807, 2.05) is 0 Å². The van der Waals surface area contributed by atoms with Crippen LogP contribution in [-0.4, -0.2) is 137 Å². The van der Waals surface area contributed by atoms with Crippen LogP contribution in [0.3, 0.4) is 0 Å². The van der Waals surface area contributed by atoms with E-state index in [4.69, 9.17) is 42.1 Å². The van der Waals surface area contributed by atoms with Crippen LogP contribution in [0.1, 0.15) is 148 Å². The predicted molar refractivity (Wildman–Crippen MR) is 383 cm³/mol. The largest absolute Gasteiger partial charge is 0.508 e. The highest BCUT2D eigenvalue weighted by Gasteiger charge is 2.42. The van der Waals surface area contributed by atoms with Crippen LogP contribution in [0, 0.1) is 0 Å². The van der Waals surface area contributed by atoms with Gasteiger partial charge in [-0.15, -0.1) is 0 Å². The van der Waals surface area contributed by atoms with E-state index < -0.39 is 171 Å². The van der Waals surface area contributed by atoms with Crippen LogP contribution >= 0.6 is 23.2 Å². The van der Waals surface area contributed by atoms with Crippen molar-refractivity contribution in [3.05, 3.63) is 164 Å². The average molecular weight is 1500 g/mol. The number of fused-ring (bicyclic) bond motifs is 14. The van der Waals surface area contributed by atoms with Gasteiger partial charge in [-0.25, -0.2) is 9.59 Å². The van der Waals surface area contributed by atoms with Crippen molar-refractivity contribution in [2.45, 2.75) is 134 Å². The van der Waals surface area contributed by atoms with Gasteiger partial charge in [0, 0.05) is 35.7 Å². The lowest BCUT2D eigenvalue weighted by Crippen LogP contribution is -2.55. The van der Waals surface area contributed by atoms with Crippen molar-refractivity contribution in [3.63, 3.8) is 0 Å². The maximum atomic E-state index is 16.1. The lowest BCUT2D eigenvalue weighted by molar-refractivity contribution is -0.143. The van der Waals surface area contributed by atoms with Gasteiger partial charge in [-0.1, -0.05) is 74.2 Å². The van der Waals surface area contributed by atoms with E-state index in [-0.39, 0.29) is 78.5 Å². The Hall–Kier alpha value is -11.2. The summed E-state index contributed by atoms with van der Waals surface area (Å²) in [6.45, 7) is 11.6. The highest BCUT2D eigenvalue weighted by atomic mass is 35.5. The number of carboxylic acid groups (broad SMARTS) is 1. The summed E-state index contributed by atoms with van der Waals surface area (Å²) in [7, 11) is 0. The number of amides is 7. The third-order valence-corrected chi connectivity index (χ3v) is 18.7. The summed E-state index contributed by atoms with van der Waals surface area (Å²) < 4.78 is 24.2. The Labute approximate surface area is 617 Å². The molecule has 6 aliphatic rings. The molecule has 0 fully saturated rings. The molecule has 106 heavy (non-hydrogen) atoms. The van der Waals surface area contributed by atoms with Crippen molar-refractivity contribution in [3.8, 4) is 80.1 Å². The maximum absolute atomic E-state index is 16.1. The van der Waals surface area contributed by atoms with E-state index in [0.29, 0.717) is 13.0 Å². The Morgan fingerprint density at radius 2 is 1.15 bits per heavy atom. The molecule has 29 nitrogen and oxygen atoms in total. The highest BCUT2D eigenvalue weighted by Crippen LogP contribution is 2.49. The number of aliphatic hydroxyl groups is 1. The lowest BCUT2D eigenvalue weighted by atomic mass is 9.88. The van der Waals surface area contributed by atoms with Crippen LogP contribution in [0.2, 0.25) is 10.0 Å². The first-order chi connectivity index (χ1) is 50.4. The van der Waals surface area contributed by atoms with E-state index in [9.17, 15) is 55.2 Å². The fourth-order valence-corrected chi connectivity index (χ4v) is 13.2. The zero-order chi connectivity index (χ0) is 76.2. The van der Waals surface area contributed by atoms with Gasteiger partial charge in [0.2, 0.25) is 41.2 Å². The van der Waals surface area contributed by atoms with Gasteiger partial charge in [0.15, 0.2) is 29.0 Å². The van der Waals surface area contributed by atoms with Gasteiger partial charge in [0.05, 0.1) is 15.6 Å².